The molecule has 0 atom stereocenters. The van der Waals surface area contributed by atoms with Gasteiger partial charge in [-0.2, -0.15) is 0 Å². The van der Waals surface area contributed by atoms with Gasteiger partial charge >= 0.3 is 0 Å². The maximum Gasteiger partial charge on any atom is 0.0227 e. The Labute approximate surface area is 104 Å². The largest absolute Gasteiger partial charge is 0.305 e. The van der Waals surface area contributed by atoms with Gasteiger partial charge in [-0.25, -0.2) is 0 Å². The van der Waals surface area contributed by atoms with Crippen LogP contribution in [0.4, 0.5) is 0 Å². The molecule has 0 amide bonds. The topological polar surface area (TPSA) is 3.24 Å². The van der Waals surface area contributed by atoms with E-state index in [0.717, 1.165) is 13.0 Å². The molecule has 0 saturated heterocycles. The van der Waals surface area contributed by atoms with Crippen molar-refractivity contribution >= 4 is 0 Å². The summed E-state index contributed by atoms with van der Waals surface area (Å²) in [6.07, 6.45) is 1.02. The number of rotatable bonds is 4. The Morgan fingerprint density at radius 3 is 1.82 bits per heavy atom. The van der Waals surface area contributed by atoms with E-state index >= 15 is 0 Å². The average Bonchev–Trinajstić information content (AvgIpc) is 2.32. The number of benzene rings is 2. The Hall–Kier alpha value is -1.60. The summed E-state index contributed by atoms with van der Waals surface area (Å²) in [5.74, 6) is 0. The SMILES string of the molecule is CN(C)Cc1ccc(Cc2ccccc2)cc1. The Morgan fingerprint density at radius 1 is 0.706 bits per heavy atom. The summed E-state index contributed by atoms with van der Waals surface area (Å²) in [5, 5.41) is 0. The number of hydrogen-bond donors (Lipinski definition) is 0. The van der Waals surface area contributed by atoms with E-state index in [1.165, 1.54) is 16.7 Å². The molecule has 0 aromatic heterocycles. The van der Waals surface area contributed by atoms with Gasteiger partial charge in [0.15, 0.2) is 0 Å². The van der Waals surface area contributed by atoms with Crippen molar-refractivity contribution in [3.05, 3.63) is 71.3 Å². The molecule has 88 valence electrons. The first-order chi connectivity index (χ1) is 8.24. The van der Waals surface area contributed by atoms with Crippen molar-refractivity contribution < 1.29 is 0 Å². The summed E-state index contributed by atoms with van der Waals surface area (Å²) in [5.41, 5.74) is 4.11. The van der Waals surface area contributed by atoms with Crippen LogP contribution in [0.15, 0.2) is 54.6 Å². The van der Waals surface area contributed by atoms with Crippen LogP contribution in [-0.2, 0) is 13.0 Å². The maximum atomic E-state index is 2.23. The third-order valence-electron chi connectivity index (χ3n) is 2.77. The van der Waals surface area contributed by atoms with E-state index in [0.29, 0.717) is 0 Å². The molecule has 1 heteroatoms. The minimum atomic E-state index is 1.01. The van der Waals surface area contributed by atoms with Crippen molar-refractivity contribution in [1.82, 2.24) is 4.90 Å². The average molecular weight is 225 g/mol. The molecule has 2 rings (SSSR count). The second-order valence-corrected chi connectivity index (χ2v) is 4.72. The minimum Gasteiger partial charge on any atom is -0.305 e. The van der Waals surface area contributed by atoms with Gasteiger partial charge in [-0.05, 0) is 37.2 Å². The molecule has 0 aliphatic carbocycles. The number of nitrogens with zero attached hydrogens (tertiary/aromatic N) is 1. The standard InChI is InChI=1S/C16H19N/c1-17(2)13-16-10-8-15(9-11-16)12-14-6-4-3-5-7-14/h3-11H,12-13H2,1-2H3. The van der Waals surface area contributed by atoms with Crippen LogP contribution in [0.5, 0.6) is 0 Å². The molecular weight excluding hydrogens is 206 g/mol. The normalized spacial score (nSPS) is 10.8. The molecule has 0 saturated carbocycles. The molecule has 2 aromatic carbocycles. The van der Waals surface area contributed by atoms with E-state index in [1.54, 1.807) is 0 Å². The molecule has 0 bridgehead atoms. The fourth-order valence-corrected chi connectivity index (χ4v) is 1.96. The summed E-state index contributed by atoms with van der Waals surface area (Å²) in [6, 6.07) is 19.5. The predicted molar refractivity (Wildman–Crippen MR) is 73.1 cm³/mol. The molecule has 0 N–H and O–H groups in total. The van der Waals surface area contributed by atoms with Crippen LogP contribution < -0.4 is 0 Å². The molecule has 0 aliphatic rings. The first-order valence-corrected chi connectivity index (χ1v) is 6.00. The fraction of sp³-hybridized carbons (Fsp3) is 0.250. The highest BCUT2D eigenvalue weighted by Gasteiger charge is 1.97. The Bertz CT molecular complexity index is 443. The first kappa shape index (κ1) is 11.9. The lowest BCUT2D eigenvalue weighted by molar-refractivity contribution is 0.402. The van der Waals surface area contributed by atoms with Crippen LogP contribution in [-0.4, -0.2) is 19.0 Å². The highest BCUT2D eigenvalue weighted by atomic mass is 15.0. The van der Waals surface area contributed by atoms with Crippen molar-refractivity contribution in [2.75, 3.05) is 14.1 Å². The Balaban J connectivity index is 2.03. The molecule has 0 radical (unpaired) electrons. The lowest BCUT2D eigenvalue weighted by atomic mass is 10.0. The highest BCUT2D eigenvalue weighted by molar-refractivity contribution is 5.28. The zero-order valence-electron chi connectivity index (χ0n) is 10.6. The Kier molecular flexibility index (Phi) is 3.94. The summed E-state index contributed by atoms with van der Waals surface area (Å²) >= 11 is 0. The smallest absolute Gasteiger partial charge is 0.0227 e. The van der Waals surface area contributed by atoms with Crippen LogP contribution in [0.3, 0.4) is 0 Å². The van der Waals surface area contributed by atoms with Crippen molar-refractivity contribution in [1.29, 1.82) is 0 Å². The first-order valence-electron chi connectivity index (χ1n) is 6.00. The third kappa shape index (κ3) is 3.72. The minimum absolute atomic E-state index is 1.01. The third-order valence-corrected chi connectivity index (χ3v) is 2.77. The Morgan fingerprint density at radius 2 is 1.24 bits per heavy atom. The molecule has 17 heavy (non-hydrogen) atoms. The predicted octanol–water partition coefficient (Wildman–Crippen LogP) is 3.34. The summed E-state index contributed by atoms with van der Waals surface area (Å²) < 4.78 is 0. The zero-order valence-corrected chi connectivity index (χ0v) is 10.6. The molecular formula is C16H19N. The van der Waals surface area contributed by atoms with E-state index in [1.807, 2.05) is 0 Å². The van der Waals surface area contributed by atoms with E-state index in [-0.39, 0.29) is 0 Å². The van der Waals surface area contributed by atoms with Crippen LogP contribution in [0.25, 0.3) is 0 Å². The van der Waals surface area contributed by atoms with Crippen molar-refractivity contribution in [3.8, 4) is 0 Å². The second-order valence-electron chi connectivity index (χ2n) is 4.72. The molecule has 1 nitrogen and oxygen atoms in total. The van der Waals surface area contributed by atoms with Gasteiger partial charge in [0.25, 0.3) is 0 Å². The van der Waals surface area contributed by atoms with Gasteiger partial charge in [0.1, 0.15) is 0 Å². The fourth-order valence-electron chi connectivity index (χ4n) is 1.96. The molecule has 0 unspecified atom stereocenters. The van der Waals surface area contributed by atoms with E-state index < -0.39 is 0 Å². The quantitative estimate of drug-likeness (QED) is 0.771. The van der Waals surface area contributed by atoms with Crippen molar-refractivity contribution in [2.45, 2.75) is 13.0 Å². The van der Waals surface area contributed by atoms with Crippen LogP contribution in [0.1, 0.15) is 16.7 Å². The lowest BCUT2D eigenvalue weighted by Gasteiger charge is -2.10. The van der Waals surface area contributed by atoms with Crippen molar-refractivity contribution in [3.63, 3.8) is 0 Å². The van der Waals surface area contributed by atoms with Gasteiger partial charge in [-0.3, -0.25) is 0 Å². The van der Waals surface area contributed by atoms with E-state index in [9.17, 15) is 0 Å². The summed E-state index contributed by atoms with van der Waals surface area (Å²) in [4.78, 5) is 2.19. The monoisotopic (exact) mass is 225 g/mol. The van der Waals surface area contributed by atoms with Crippen LogP contribution in [0, 0.1) is 0 Å². The van der Waals surface area contributed by atoms with Crippen LogP contribution in [0.2, 0.25) is 0 Å². The lowest BCUT2D eigenvalue weighted by Crippen LogP contribution is -2.10. The van der Waals surface area contributed by atoms with Gasteiger partial charge < -0.3 is 4.90 Å². The van der Waals surface area contributed by atoms with Gasteiger partial charge in [0.05, 0.1) is 0 Å². The zero-order chi connectivity index (χ0) is 12.1. The van der Waals surface area contributed by atoms with E-state index in [2.05, 4.69) is 73.6 Å². The maximum absolute atomic E-state index is 2.23. The second kappa shape index (κ2) is 5.65. The number of hydrogen-bond acceptors (Lipinski definition) is 1. The molecule has 0 spiro atoms. The van der Waals surface area contributed by atoms with Crippen LogP contribution >= 0.6 is 0 Å². The molecule has 0 heterocycles. The highest BCUT2D eigenvalue weighted by Crippen LogP contribution is 2.11. The van der Waals surface area contributed by atoms with Crippen molar-refractivity contribution in [2.24, 2.45) is 0 Å². The van der Waals surface area contributed by atoms with Gasteiger partial charge in [-0.15, -0.1) is 0 Å². The van der Waals surface area contributed by atoms with Gasteiger partial charge in [-0.1, -0.05) is 54.6 Å². The van der Waals surface area contributed by atoms with Gasteiger partial charge in [0.2, 0.25) is 0 Å². The molecule has 0 aliphatic heterocycles. The summed E-state index contributed by atoms with van der Waals surface area (Å²) in [6.45, 7) is 1.01. The van der Waals surface area contributed by atoms with E-state index in [4.69, 9.17) is 0 Å². The molecule has 0 fully saturated rings. The summed E-state index contributed by atoms with van der Waals surface area (Å²) in [7, 11) is 4.19. The van der Waals surface area contributed by atoms with Gasteiger partial charge in [0, 0.05) is 6.54 Å². The molecule has 2 aromatic rings.